The Morgan fingerprint density at radius 1 is 1.44 bits per heavy atom. The molecule has 0 bridgehead atoms. The van der Waals surface area contributed by atoms with Crippen molar-refractivity contribution in [3.63, 3.8) is 0 Å². The predicted molar refractivity (Wildman–Crippen MR) is 60.9 cm³/mol. The second-order valence-electron chi connectivity index (χ2n) is 3.94. The molecule has 0 amide bonds. The first-order valence-electron chi connectivity index (χ1n) is 5.23. The molecule has 86 valence electrons. The molecule has 2 rings (SSSR count). The topological polar surface area (TPSA) is 89.8 Å². The number of rotatable bonds is 3. The lowest BCUT2D eigenvalue weighted by molar-refractivity contribution is 0.271. The number of aliphatic hydroxyl groups is 1. The van der Waals surface area contributed by atoms with Gasteiger partial charge in [0.25, 0.3) is 0 Å². The number of aliphatic hydroxyl groups excluding tert-OH is 1. The van der Waals surface area contributed by atoms with Crippen LogP contribution in [0, 0.1) is 0 Å². The van der Waals surface area contributed by atoms with Gasteiger partial charge in [-0.25, -0.2) is 14.6 Å². The standard InChI is InChI=1S/C10H15N5O/c1-6(2)8-7-9(11)12-5-13-10(7)15(14-8)3-4-16/h5-6,16H,3-4H2,1-2H3,(H2,11,12,13). The van der Waals surface area contributed by atoms with Crippen molar-refractivity contribution in [2.24, 2.45) is 0 Å². The minimum Gasteiger partial charge on any atom is -0.394 e. The number of nitrogen functional groups attached to an aromatic ring is 1. The summed E-state index contributed by atoms with van der Waals surface area (Å²) < 4.78 is 1.67. The van der Waals surface area contributed by atoms with E-state index in [1.807, 2.05) is 13.8 Å². The molecule has 0 saturated carbocycles. The van der Waals surface area contributed by atoms with Crippen molar-refractivity contribution in [3.05, 3.63) is 12.0 Å². The van der Waals surface area contributed by atoms with Crippen LogP contribution in [0.2, 0.25) is 0 Å². The zero-order chi connectivity index (χ0) is 11.7. The van der Waals surface area contributed by atoms with Crippen LogP contribution < -0.4 is 5.73 Å². The molecule has 0 saturated heterocycles. The highest BCUT2D eigenvalue weighted by Gasteiger charge is 2.16. The van der Waals surface area contributed by atoms with Crippen molar-refractivity contribution >= 4 is 16.9 Å². The molecule has 6 heteroatoms. The van der Waals surface area contributed by atoms with Crippen LogP contribution in [-0.4, -0.2) is 31.5 Å². The minimum absolute atomic E-state index is 0.0260. The number of anilines is 1. The van der Waals surface area contributed by atoms with Gasteiger partial charge in [0.15, 0.2) is 5.65 Å². The smallest absolute Gasteiger partial charge is 0.163 e. The molecule has 0 spiro atoms. The van der Waals surface area contributed by atoms with E-state index >= 15 is 0 Å². The lowest BCUT2D eigenvalue weighted by Gasteiger charge is -2.00. The van der Waals surface area contributed by atoms with Gasteiger partial charge < -0.3 is 10.8 Å². The predicted octanol–water partition coefficient (Wildman–Crippen LogP) is 0.524. The molecule has 2 heterocycles. The first-order valence-corrected chi connectivity index (χ1v) is 5.23. The Morgan fingerprint density at radius 3 is 2.81 bits per heavy atom. The van der Waals surface area contributed by atoms with E-state index in [2.05, 4.69) is 15.1 Å². The SMILES string of the molecule is CC(C)c1nn(CCO)c2ncnc(N)c12. The van der Waals surface area contributed by atoms with Crippen molar-refractivity contribution in [3.8, 4) is 0 Å². The van der Waals surface area contributed by atoms with Crippen molar-refractivity contribution in [1.82, 2.24) is 19.7 Å². The molecule has 0 aliphatic rings. The Bertz CT molecular complexity index is 505. The molecule has 0 aliphatic heterocycles. The summed E-state index contributed by atoms with van der Waals surface area (Å²) in [5.74, 6) is 0.689. The third-order valence-electron chi connectivity index (χ3n) is 2.44. The number of nitrogens with two attached hydrogens (primary N) is 1. The molecule has 0 unspecified atom stereocenters. The van der Waals surface area contributed by atoms with Gasteiger partial charge >= 0.3 is 0 Å². The zero-order valence-corrected chi connectivity index (χ0v) is 9.38. The molecule has 0 radical (unpaired) electrons. The fourth-order valence-electron chi connectivity index (χ4n) is 1.71. The summed E-state index contributed by atoms with van der Waals surface area (Å²) in [6.45, 7) is 4.52. The molecule has 0 atom stereocenters. The van der Waals surface area contributed by atoms with Gasteiger partial charge in [-0.1, -0.05) is 13.8 Å². The molecular formula is C10H15N5O. The van der Waals surface area contributed by atoms with E-state index in [4.69, 9.17) is 10.8 Å². The van der Waals surface area contributed by atoms with Gasteiger partial charge in [-0.3, -0.25) is 0 Å². The maximum atomic E-state index is 8.96. The molecule has 0 aromatic carbocycles. The minimum atomic E-state index is 0.0260. The van der Waals surface area contributed by atoms with Gasteiger partial charge in [0.2, 0.25) is 0 Å². The summed E-state index contributed by atoms with van der Waals surface area (Å²) in [6.07, 6.45) is 1.41. The Labute approximate surface area is 93.1 Å². The average Bonchev–Trinajstić information content (AvgIpc) is 2.60. The van der Waals surface area contributed by atoms with Crippen LogP contribution in [0.25, 0.3) is 11.0 Å². The monoisotopic (exact) mass is 221 g/mol. The molecule has 3 N–H and O–H groups in total. The van der Waals surface area contributed by atoms with Crippen LogP contribution in [0.1, 0.15) is 25.5 Å². The number of hydrogen-bond acceptors (Lipinski definition) is 5. The van der Waals surface area contributed by atoms with Gasteiger partial charge in [0, 0.05) is 0 Å². The molecule has 2 aromatic rings. The van der Waals surface area contributed by atoms with Crippen LogP contribution in [0.15, 0.2) is 6.33 Å². The summed E-state index contributed by atoms with van der Waals surface area (Å²) >= 11 is 0. The Kier molecular flexibility index (Phi) is 2.74. The summed E-state index contributed by atoms with van der Waals surface area (Å²) in [6, 6.07) is 0. The second-order valence-corrected chi connectivity index (χ2v) is 3.94. The highest BCUT2D eigenvalue weighted by atomic mass is 16.3. The normalized spacial score (nSPS) is 11.5. The first kappa shape index (κ1) is 10.8. The van der Waals surface area contributed by atoms with E-state index in [1.54, 1.807) is 4.68 Å². The van der Waals surface area contributed by atoms with Crippen molar-refractivity contribution in [2.75, 3.05) is 12.3 Å². The maximum absolute atomic E-state index is 8.96. The number of aromatic nitrogens is 4. The van der Waals surface area contributed by atoms with Gasteiger partial charge in [0.05, 0.1) is 24.2 Å². The van der Waals surface area contributed by atoms with Crippen molar-refractivity contribution < 1.29 is 5.11 Å². The molecule has 0 aliphatic carbocycles. The summed E-state index contributed by atoms with van der Waals surface area (Å²) in [5.41, 5.74) is 7.40. The Morgan fingerprint density at radius 2 is 2.19 bits per heavy atom. The highest BCUT2D eigenvalue weighted by molar-refractivity contribution is 5.88. The number of hydrogen-bond donors (Lipinski definition) is 2. The zero-order valence-electron chi connectivity index (χ0n) is 9.38. The van der Waals surface area contributed by atoms with E-state index in [9.17, 15) is 0 Å². The van der Waals surface area contributed by atoms with E-state index in [1.165, 1.54) is 6.33 Å². The quantitative estimate of drug-likeness (QED) is 0.788. The fourth-order valence-corrected chi connectivity index (χ4v) is 1.71. The van der Waals surface area contributed by atoms with E-state index < -0.39 is 0 Å². The van der Waals surface area contributed by atoms with Crippen LogP contribution >= 0.6 is 0 Å². The van der Waals surface area contributed by atoms with Crippen LogP contribution in [0.5, 0.6) is 0 Å². The number of nitrogens with zero attached hydrogens (tertiary/aromatic N) is 4. The molecule has 16 heavy (non-hydrogen) atoms. The third-order valence-corrected chi connectivity index (χ3v) is 2.44. The van der Waals surface area contributed by atoms with Crippen molar-refractivity contribution in [2.45, 2.75) is 26.3 Å². The van der Waals surface area contributed by atoms with Crippen LogP contribution in [-0.2, 0) is 6.54 Å². The first-order chi connectivity index (χ1) is 7.65. The second kappa shape index (κ2) is 4.05. The Hall–Kier alpha value is -1.69. The molecule has 6 nitrogen and oxygen atoms in total. The van der Waals surface area contributed by atoms with Gasteiger partial charge in [-0.2, -0.15) is 5.10 Å². The summed E-state index contributed by atoms with van der Waals surface area (Å²) in [7, 11) is 0. The highest BCUT2D eigenvalue weighted by Crippen LogP contribution is 2.26. The Balaban J connectivity index is 2.71. The molecular weight excluding hydrogens is 206 g/mol. The summed E-state index contributed by atoms with van der Waals surface area (Å²) in [4.78, 5) is 8.14. The number of fused-ring (bicyclic) bond motifs is 1. The fraction of sp³-hybridized carbons (Fsp3) is 0.500. The molecule has 0 fully saturated rings. The lowest BCUT2D eigenvalue weighted by Crippen LogP contribution is -2.05. The van der Waals surface area contributed by atoms with Gasteiger partial charge in [-0.15, -0.1) is 0 Å². The van der Waals surface area contributed by atoms with Gasteiger partial charge in [-0.05, 0) is 5.92 Å². The van der Waals surface area contributed by atoms with E-state index in [-0.39, 0.29) is 12.5 Å². The van der Waals surface area contributed by atoms with Gasteiger partial charge in [0.1, 0.15) is 12.1 Å². The van der Waals surface area contributed by atoms with Crippen LogP contribution in [0.4, 0.5) is 5.82 Å². The largest absolute Gasteiger partial charge is 0.394 e. The van der Waals surface area contributed by atoms with E-state index in [0.29, 0.717) is 18.0 Å². The molecule has 2 aromatic heterocycles. The summed E-state index contributed by atoms with van der Waals surface area (Å²) in [5, 5.41) is 14.2. The van der Waals surface area contributed by atoms with E-state index in [0.717, 1.165) is 11.1 Å². The lowest BCUT2D eigenvalue weighted by atomic mass is 10.1. The van der Waals surface area contributed by atoms with Crippen LogP contribution in [0.3, 0.4) is 0 Å². The average molecular weight is 221 g/mol. The maximum Gasteiger partial charge on any atom is 0.163 e. The third kappa shape index (κ3) is 1.61. The van der Waals surface area contributed by atoms with Crippen molar-refractivity contribution in [1.29, 1.82) is 0 Å².